The second-order valence-electron chi connectivity index (χ2n) is 8.57. The topological polar surface area (TPSA) is 78.3 Å². The summed E-state index contributed by atoms with van der Waals surface area (Å²) in [6.07, 6.45) is 0.618. The fraction of sp³-hybridized carbons (Fsp3) is 0.100. The van der Waals surface area contributed by atoms with Crippen LogP contribution in [0.25, 0.3) is 17.1 Å². The van der Waals surface area contributed by atoms with E-state index in [4.69, 9.17) is 9.47 Å². The maximum atomic E-state index is 14.7. The first-order chi connectivity index (χ1) is 19.0. The molecule has 1 heterocycles. The van der Waals surface area contributed by atoms with Gasteiger partial charge in [-0.1, -0.05) is 30.3 Å². The number of halogens is 2. The normalized spacial score (nSPS) is 10.7. The Hall–Kier alpha value is -5.05. The second kappa shape index (κ2) is 11.6. The van der Waals surface area contributed by atoms with Crippen molar-refractivity contribution in [3.05, 3.63) is 120 Å². The number of aromatic nitrogens is 3. The third kappa shape index (κ3) is 6.10. The van der Waals surface area contributed by atoms with Gasteiger partial charge in [0.25, 0.3) is 5.91 Å². The van der Waals surface area contributed by atoms with Gasteiger partial charge >= 0.3 is 6.01 Å². The third-order valence-electron chi connectivity index (χ3n) is 5.94. The minimum Gasteiger partial charge on any atom is -0.497 e. The van der Waals surface area contributed by atoms with Crippen molar-refractivity contribution in [2.24, 2.45) is 0 Å². The summed E-state index contributed by atoms with van der Waals surface area (Å²) in [5.74, 6) is -0.345. The van der Waals surface area contributed by atoms with Gasteiger partial charge in [-0.15, -0.1) is 5.10 Å². The molecule has 0 unspecified atom stereocenters. The molecular formula is C30H24F2N4O3. The molecule has 1 amide bonds. The van der Waals surface area contributed by atoms with Crippen LogP contribution in [0.5, 0.6) is 11.8 Å². The van der Waals surface area contributed by atoms with Crippen molar-refractivity contribution >= 4 is 11.6 Å². The van der Waals surface area contributed by atoms with Gasteiger partial charge in [-0.3, -0.25) is 4.79 Å². The Labute approximate surface area is 223 Å². The van der Waals surface area contributed by atoms with Gasteiger partial charge in [0.05, 0.1) is 25.0 Å². The van der Waals surface area contributed by atoms with Crippen molar-refractivity contribution in [2.75, 3.05) is 19.0 Å². The van der Waals surface area contributed by atoms with Gasteiger partial charge in [-0.25, -0.2) is 13.5 Å². The lowest BCUT2D eigenvalue weighted by molar-refractivity contribution is 0.102. The van der Waals surface area contributed by atoms with Crippen molar-refractivity contribution in [2.45, 2.75) is 6.42 Å². The number of nitrogens with one attached hydrogen (secondary N) is 1. The summed E-state index contributed by atoms with van der Waals surface area (Å²) < 4.78 is 40.7. The molecule has 1 N–H and O–H groups in total. The number of nitrogens with zero attached hydrogens (tertiary/aromatic N) is 3. The van der Waals surface area contributed by atoms with E-state index in [2.05, 4.69) is 15.4 Å². The second-order valence-corrected chi connectivity index (χ2v) is 8.57. The highest BCUT2D eigenvalue weighted by atomic mass is 19.1. The molecule has 39 heavy (non-hydrogen) atoms. The first-order valence-corrected chi connectivity index (χ1v) is 12.2. The molecule has 7 nitrogen and oxygen atoms in total. The number of ether oxygens (including phenoxy) is 2. The average Bonchev–Trinajstić information content (AvgIpc) is 3.38. The lowest BCUT2D eigenvalue weighted by Gasteiger charge is -2.09. The maximum absolute atomic E-state index is 14.7. The first-order valence-electron chi connectivity index (χ1n) is 12.2. The van der Waals surface area contributed by atoms with E-state index in [0.29, 0.717) is 24.4 Å². The van der Waals surface area contributed by atoms with Crippen LogP contribution in [0.1, 0.15) is 15.9 Å². The molecule has 5 aromatic rings. The molecule has 0 aliphatic carbocycles. The number of anilines is 1. The number of methoxy groups -OCH3 is 1. The molecule has 0 saturated carbocycles. The van der Waals surface area contributed by atoms with Crippen molar-refractivity contribution in [1.29, 1.82) is 0 Å². The van der Waals surface area contributed by atoms with E-state index < -0.39 is 17.5 Å². The largest absolute Gasteiger partial charge is 0.497 e. The van der Waals surface area contributed by atoms with Gasteiger partial charge in [0.2, 0.25) is 0 Å². The Morgan fingerprint density at radius 3 is 2.41 bits per heavy atom. The molecular weight excluding hydrogens is 502 g/mol. The molecule has 0 atom stereocenters. The Morgan fingerprint density at radius 2 is 1.69 bits per heavy atom. The highest BCUT2D eigenvalue weighted by molar-refractivity contribution is 6.04. The predicted octanol–water partition coefficient (Wildman–Crippen LogP) is 6.09. The SMILES string of the molecule is COc1ccc(CCOc2nc(-c3ccccc3F)n(-c3ccc(NC(=O)c4cccc(F)c4)cc3)n2)cc1. The molecule has 0 spiro atoms. The standard InChI is InChI=1S/C30H24F2N4O3/c1-38-25-15-9-20(10-16-25)17-18-39-30-34-28(26-7-2-3-8-27(26)32)36(35-30)24-13-11-23(12-14-24)33-29(37)21-5-4-6-22(31)19-21/h2-16,19H,17-18H2,1H3,(H,33,37). The quantitative estimate of drug-likeness (QED) is 0.251. The van der Waals surface area contributed by atoms with E-state index in [1.807, 2.05) is 24.3 Å². The molecule has 1 aromatic heterocycles. The monoisotopic (exact) mass is 526 g/mol. The lowest BCUT2D eigenvalue weighted by Crippen LogP contribution is -2.12. The minimum atomic E-state index is -0.494. The number of amides is 1. The van der Waals surface area contributed by atoms with Crippen LogP contribution < -0.4 is 14.8 Å². The average molecular weight is 527 g/mol. The van der Waals surface area contributed by atoms with Crippen LogP contribution >= 0.6 is 0 Å². The molecule has 0 saturated heterocycles. The molecule has 0 radical (unpaired) electrons. The fourth-order valence-electron chi connectivity index (χ4n) is 3.92. The van der Waals surface area contributed by atoms with Crippen LogP contribution in [-0.2, 0) is 6.42 Å². The molecule has 196 valence electrons. The summed E-state index contributed by atoms with van der Waals surface area (Å²) in [4.78, 5) is 16.9. The number of rotatable bonds is 9. The zero-order chi connectivity index (χ0) is 27.2. The van der Waals surface area contributed by atoms with Crippen LogP contribution in [0.2, 0.25) is 0 Å². The van der Waals surface area contributed by atoms with E-state index in [-0.39, 0.29) is 23.0 Å². The number of hydrogen-bond donors (Lipinski definition) is 1. The molecule has 0 aliphatic heterocycles. The van der Waals surface area contributed by atoms with Gasteiger partial charge in [0, 0.05) is 17.7 Å². The molecule has 4 aromatic carbocycles. The Kier molecular flexibility index (Phi) is 7.58. The Morgan fingerprint density at radius 1 is 0.923 bits per heavy atom. The van der Waals surface area contributed by atoms with Gasteiger partial charge in [0.1, 0.15) is 17.4 Å². The number of hydrogen-bond acceptors (Lipinski definition) is 5. The van der Waals surface area contributed by atoms with Crippen LogP contribution in [-0.4, -0.2) is 34.4 Å². The molecule has 0 aliphatic rings. The van der Waals surface area contributed by atoms with E-state index in [9.17, 15) is 13.6 Å². The minimum absolute atomic E-state index is 0.102. The number of carbonyl (C=O) groups is 1. The van der Waals surface area contributed by atoms with Crippen molar-refractivity contribution in [1.82, 2.24) is 14.8 Å². The first kappa shape index (κ1) is 25.6. The summed E-state index contributed by atoms with van der Waals surface area (Å²) in [7, 11) is 1.61. The molecule has 0 bridgehead atoms. The van der Waals surface area contributed by atoms with E-state index in [1.165, 1.54) is 28.9 Å². The molecule has 0 fully saturated rings. The van der Waals surface area contributed by atoms with Gasteiger partial charge in [-0.2, -0.15) is 4.98 Å². The van der Waals surface area contributed by atoms with Crippen LogP contribution in [0.3, 0.4) is 0 Å². The van der Waals surface area contributed by atoms with E-state index in [1.54, 1.807) is 49.6 Å². The molecule has 9 heteroatoms. The third-order valence-corrected chi connectivity index (χ3v) is 5.94. The fourth-order valence-corrected chi connectivity index (χ4v) is 3.92. The summed E-state index contributed by atoms with van der Waals surface area (Å²) in [6.45, 7) is 0.318. The van der Waals surface area contributed by atoms with E-state index in [0.717, 1.165) is 17.4 Å². The van der Waals surface area contributed by atoms with Crippen molar-refractivity contribution < 1.29 is 23.0 Å². The highest BCUT2D eigenvalue weighted by Crippen LogP contribution is 2.27. The highest BCUT2D eigenvalue weighted by Gasteiger charge is 2.18. The van der Waals surface area contributed by atoms with Gasteiger partial charge in [-0.05, 0) is 72.3 Å². The Balaban J connectivity index is 1.36. The lowest BCUT2D eigenvalue weighted by atomic mass is 10.1. The van der Waals surface area contributed by atoms with Crippen LogP contribution in [0.4, 0.5) is 14.5 Å². The van der Waals surface area contributed by atoms with Gasteiger partial charge in [0.15, 0.2) is 5.82 Å². The Bertz CT molecular complexity index is 1590. The van der Waals surface area contributed by atoms with Crippen molar-refractivity contribution in [3.63, 3.8) is 0 Å². The summed E-state index contributed by atoms with van der Waals surface area (Å²) in [5.41, 5.74) is 2.60. The summed E-state index contributed by atoms with van der Waals surface area (Å²) >= 11 is 0. The van der Waals surface area contributed by atoms with Crippen molar-refractivity contribution in [3.8, 4) is 28.8 Å². The predicted molar refractivity (Wildman–Crippen MR) is 143 cm³/mol. The van der Waals surface area contributed by atoms with Crippen LogP contribution in [0.15, 0.2) is 97.1 Å². The zero-order valence-electron chi connectivity index (χ0n) is 21.0. The summed E-state index contributed by atoms with van der Waals surface area (Å²) in [5, 5.41) is 7.20. The number of benzene rings is 4. The number of carbonyl (C=O) groups excluding carboxylic acids is 1. The maximum Gasteiger partial charge on any atom is 0.336 e. The van der Waals surface area contributed by atoms with Crippen LogP contribution in [0, 0.1) is 11.6 Å². The summed E-state index contributed by atoms with van der Waals surface area (Å²) in [6, 6.07) is 26.2. The zero-order valence-corrected chi connectivity index (χ0v) is 21.0. The smallest absolute Gasteiger partial charge is 0.336 e. The van der Waals surface area contributed by atoms with E-state index >= 15 is 0 Å². The van der Waals surface area contributed by atoms with Gasteiger partial charge < -0.3 is 14.8 Å². The molecule has 5 rings (SSSR count).